The molecular weight excluding hydrogens is 285 g/mol. The second-order valence-electron chi connectivity index (χ2n) is 4.90. The van der Waals surface area contributed by atoms with Crippen molar-refractivity contribution in [2.75, 3.05) is 4.90 Å². The fourth-order valence-corrected chi connectivity index (χ4v) is 2.54. The minimum atomic E-state index is -3.91. The van der Waals surface area contributed by atoms with Crippen molar-refractivity contribution in [1.82, 2.24) is 0 Å². The summed E-state index contributed by atoms with van der Waals surface area (Å²) in [6, 6.07) is 2.87. The Bertz CT molecular complexity index is 640. The highest BCUT2D eigenvalue weighted by atomic mass is 19.3. The number of amides is 1. The molecule has 21 heavy (non-hydrogen) atoms. The summed E-state index contributed by atoms with van der Waals surface area (Å²) in [5, 5.41) is 18.4. The number of alkyl halides is 2. The molecule has 0 radical (unpaired) electrons. The first-order valence-electron chi connectivity index (χ1n) is 6.36. The second kappa shape index (κ2) is 5.04. The van der Waals surface area contributed by atoms with Gasteiger partial charge in [-0.3, -0.25) is 4.79 Å². The Labute approximate surface area is 119 Å². The molecular formula is C14H13F3N2O2. The summed E-state index contributed by atoms with van der Waals surface area (Å²) in [5.41, 5.74) is -0.367. The fourth-order valence-electron chi connectivity index (χ4n) is 2.54. The molecule has 7 heteroatoms. The third-order valence-corrected chi connectivity index (χ3v) is 3.73. The van der Waals surface area contributed by atoms with Crippen LogP contribution in [0.2, 0.25) is 0 Å². The van der Waals surface area contributed by atoms with Crippen molar-refractivity contribution >= 4 is 11.6 Å². The number of hydrogen-bond donors (Lipinski definition) is 1. The third kappa shape index (κ3) is 2.07. The van der Waals surface area contributed by atoms with E-state index in [-0.39, 0.29) is 23.2 Å². The first-order chi connectivity index (χ1) is 9.77. The monoisotopic (exact) mass is 298 g/mol. The van der Waals surface area contributed by atoms with E-state index in [0.717, 1.165) is 11.0 Å². The van der Waals surface area contributed by atoms with Crippen molar-refractivity contribution in [3.8, 4) is 6.07 Å². The van der Waals surface area contributed by atoms with Crippen molar-refractivity contribution in [3.63, 3.8) is 0 Å². The normalized spacial score (nSPS) is 24.2. The van der Waals surface area contributed by atoms with Crippen LogP contribution in [0.3, 0.4) is 0 Å². The van der Waals surface area contributed by atoms with Gasteiger partial charge >= 0.3 is 11.8 Å². The molecule has 1 heterocycles. The Hall–Kier alpha value is -2.07. The van der Waals surface area contributed by atoms with Gasteiger partial charge in [0, 0.05) is 5.56 Å². The van der Waals surface area contributed by atoms with Crippen LogP contribution in [0, 0.1) is 24.1 Å². The summed E-state index contributed by atoms with van der Waals surface area (Å²) in [7, 11) is 0. The predicted molar refractivity (Wildman–Crippen MR) is 68.4 cm³/mol. The van der Waals surface area contributed by atoms with Crippen LogP contribution in [0.4, 0.5) is 18.9 Å². The van der Waals surface area contributed by atoms with Crippen LogP contribution in [-0.2, 0) is 4.79 Å². The number of hydrogen-bond acceptors (Lipinski definition) is 3. The molecule has 1 aliphatic rings. The summed E-state index contributed by atoms with van der Waals surface area (Å²) in [5.74, 6) is -6.33. The van der Waals surface area contributed by atoms with E-state index in [4.69, 9.17) is 5.26 Å². The lowest BCUT2D eigenvalue weighted by atomic mass is 10.1. The van der Waals surface area contributed by atoms with Crippen molar-refractivity contribution in [1.29, 1.82) is 5.26 Å². The van der Waals surface area contributed by atoms with Crippen molar-refractivity contribution in [2.45, 2.75) is 38.3 Å². The molecule has 1 amide bonds. The molecule has 0 aromatic heterocycles. The topological polar surface area (TPSA) is 64.3 Å². The standard InChI is InChI=1S/C14H13F3N2O2/c1-3-9-12(20)14(16,17)13(21)19(9)10-5-4-8(6-18)11(15)7(10)2/h4-5,9,12,20H,3H2,1-2H3/t9-,12+/m0/s1. The Balaban J connectivity index is 2.59. The van der Waals surface area contributed by atoms with Crippen LogP contribution in [0.25, 0.3) is 0 Å². The van der Waals surface area contributed by atoms with E-state index in [9.17, 15) is 23.1 Å². The minimum Gasteiger partial charge on any atom is -0.384 e. The first-order valence-corrected chi connectivity index (χ1v) is 6.36. The Kier molecular flexibility index (Phi) is 3.68. The summed E-state index contributed by atoms with van der Waals surface area (Å²) in [4.78, 5) is 12.6. The lowest BCUT2D eigenvalue weighted by Crippen LogP contribution is -2.37. The Morgan fingerprint density at radius 1 is 1.48 bits per heavy atom. The van der Waals surface area contributed by atoms with Crippen LogP contribution >= 0.6 is 0 Å². The highest BCUT2D eigenvalue weighted by Gasteiger charge is 2.61. The average molecular weight is 298 g/mol. The largest absolute Gasteiger partial charge is 0.384 e. The van der Waals surface area contributed by atoms with E-state index in [1.54, 1.807) is 13.0 Å². The molecule has 0 unspecified atom stereocenters. The molecule has 1 aromatic carbocycles. The van der Waals surface area contributed by atoms with E-state index in [0.29, 0.717) is 0 Å². The number of carbonyl (C=O) groups is 1. The van der Waals surface area contributed by atoms with E-state index in [2.05, 4.69) is 0 Å². The predicted octanol–water partition coefficient (Wildman–Crippen LogP) is 2.13. The summed E-state index contributed by atoms with van der Waals surface area (Å²) in [6.07, 6.45) is -2.06. The maximum atomic E-state index is 14.0. The van der Waals surface area contributed by atoms with Gasteiger partial charge < -0.3 is 10.0 Å². The summed E-state index contributed by atoms with van der Waals surface area (Å²) < 4.78 is 41.3. The van der Waals surface area contributed by atoms with Gasteiger partial charge in [-0.15, -0.1) is 0 Å². The summed E-state index contributed by atoms with van der Waals surface area (Å²) in [6.45, 7) is 2.85. The molecule has 2 atom stereocenters. The van der Waals surface area contributed by atoms with Crippen LogP contribution < -0.4 is 4.90 Å². The summed E-state index contributed by atoms with van der Waals surface area (Å²) >= 11 is 0. The zero-order valence-electron chi connectivity index (χ0n) is 11.4. The molecule has 2 rings (SSSR count). The maximum absolute atomic E-state index is 14.0. The SMILES string of the molecule is CC[C@H]1[C@@H](O)C(F)(F)C(=O)N1c1ccc(C#N)c(F)c1C. The lowest BCUT2D eigenvalue weighted by molar-refractivity contribution is -0.149. The second-order valence-corrected chi connectivity index (χ2v) is 4.90. The van der Waals surface area contributed by atoms with E-state index < -0.39 is 29.8 Å². The van der Waals surface area contributed by atoms with Crippen molar-refractivity contribution in [2.24, 2.45) is 0 Å². The zero-order chi connectivity index (χ0) is 15.9. The van der Waals surface area contributed by atoms with Gasteiger partial charge in [0.05, 0.1) is 17.3 Å². The molecule has 112 valence electrons. The van der Waals surface area contributed by atoms with Gasteiger partial charge in [-0.25, -0.2) is 4.39 Å². The smallest absolute Gasteiger partial charge is 0.352 e. The van der Waals surface area contributed by atoms with Crippen LogP contribution in [0.5, 0.6) is 0 Å². The first kappa shape index (κ1) is 15.3. The zero-order valence-corrected chi connectivity index (χ0v) is 11.4. The molecule has 1 saturated heterocycles. The van der Waals surface area contributed by atoms with Crippen LogP contribution in [0.1, 0.15) is 24.5 Å². The fraction of sp³-hybridized carbons (Fsp3) is 0.429. The van der Waals surface area contributed by atoms with Gasteiger partial charge in [-0.05, 0) is 25.5 Å². The third-order valence-electron chi connectivity index (χ3n) is 3.73. The van der Waals surface area contributed by atoms with Gasteiger partial charge in [0.15, 0.2) is 0 Å². The highest BCUT2D eigenvalue weighted by molar-refractivity contribution is 6.03. The lowest BCUT2D eigenvalue weighted by Gasteiger charge is -2.26. The van der Waals surface area contributed by atoms with E-state index in [1.807, 2.05) is 0 Å². The van der Waals surface area contributed by atoms with Gasteiger partial charge in [0.2, 0.25) is 0 Å². The van der Waals surface area contributed by atoms with Gasteiger partial charge in [-0.1, -0.05) is 6.92 Å². The quantitative estimate of drug-likeness (QED) is 0.909. The molecule has 0 bridgehead atoms. The number of anilines is 1. The van der Waals surface area contributed by atoms with Crippen molar-refractivity contribution in [3.05, 3.63) is 29.1 Å². The number of benzene rings is 1. The van der Waals surface area contributed by atoms with Crippen molar-refractivity contribution < 1.29 is 23.1 Å². The van der Waals surface area contributed by atoms with Gasteiger partial charge in [-0.2, -0.15) is 14.0 Å². The number of aliphatic hydroxyl groups is 1. The maximum Gasteiger partial charge on any atom is 0.352 e. The van der Waals surface area contributed by atoms with E-state index >= 15 is 0 Å². The molecule has 4 nitrogen and oxygen atoms in total. The molecule has 1 fully saturated rings. The Morgan fingerprint density at radius 2 is 2.10 bits per heavy atom. The number of halogens is 3. The Morgan fingerprint density at radius 3 is 2.62 bits per heavy atom. The van der Waals surface area contributed by atoms with Gasteiger partial charge in [0.25, 0.3) is 0 Å². The number of nitrogens with zero attached hydrogens (tertiary/aromatic N) is 2. The molecule has 0 spiro atoms. The van der Waals surface area contributed by atoms with Crippen LogP contribution in [-0.4, -0.2) is 29.1 Å². The molecule has 1 N–H and O–H groups in total. The molecule has 0 aliphatic carbocycles. The number of carbonyl (C=O) groups excluding carboxylic acids is 1. The molecule has 1 aromatic rings. The van der Waals surface area contributed by atoms with Crippen LogP contribution in [0.15, 0.2) is 12.1 Å². The molecule has 1 aliphatic heterocycles. The van der Waals surface area contributed by atoms with E-state index in [1.165, 1.54) is 13.0 Å². The van der Waals surface area contributed by atoms with Gasteiger partial charge in [0.1, 0.15) is 18.0 Å². The molecule has 0 saturated carbocycles. The average Bonchev–Trinajstić information content (AvgIpc) is 2.62. The minimum absolute atomic E-state index is 0.0559. The number of aliphatic hydroxyl groups excluding tert-OH is 1. The number of rotatable bonds is 2. The number of nitriles is 1. The highest BCUT2D eigenvalue weighted by Crippen LogP contribution is 2.40.